The zero-order valence-electron chi connectivity index (χ0n) is 68.6. The normalized spacial score (nSPS) is 10.8. The number of nitrogens with zero attached hydrogens (tertiary/aromatic N) is 5. The molecule has 0 saturated heterocycles. The molecule has 12 N–H and O–H groups in total. The molecule has 130 heavy (non-hydrogen) atoms. The summed E-state index contributed by atoms with van der Waals surface area (Å²) in [5.74, 6) is 0.129. The van der Waals surface area contributed by atoms with E-state index in [1.807, 2.05) is 255 Å². The SMILES string of the molecule is CC(=O)Nc1ccc(O)c(-c2nc3ccccc3s2)c1.O=C(Nc1ccc(O)c(-c2nc3ccccc3s2)c1)Nc1cccc2ccccc12.O=C(Nc1ccc(O)c(-c2nc3ccccc3s2)c1)c1cccc2ccccc12.O=C(Nc1ccc(O)c(-c2nc3ccccc3s2)c1)c1ccccc1.O=C(Nc1ccccc1)Nc1ccc(O)c(-c2nc3ccccc3s2)c1. The van der Waals surface area contributed by atoms with Gasteiger partial charge in [-0.1, -0.05) is 170 Å². The lowest BCUT2D eigenvalue weighted by molar-refractivity contribution is -0.114. The number of hydrogen-bond acceptors (Lipinski definition) is 20. The van der Waals surface area contributed by atoms with Gasteiger partial charge in [-0.3, -0.25) is 14.4 Å². The lowest BCUT2D eigenvalue weighted by Crippen LogP contribution is -2.19. The molecule has 5 heterocycles. The number of urea groups is 2. The molecule has 0 fully saturated rings. The van der Waals surface area contributed by atoms with Crippen molar-refractivity contribution in [2.45, 2.75) is 6.92 Å². The van der Waals surface area contributed by atoms with Gasteiger partial charge in [-0.15, -0.1) is 56.7 Å². The number of aromatic nitrogens is 5. The van der Waals surface area contributed by atoms with Crippen LogP contribution in [0.25, 0.3) is 125 Å². The van der Waals surface area contributed by atoms with E-state index in [0.717, 1.165) is 88.3 Å². The largest absolute Gasteiger partial charge is 0.507 e. The van der Waals surface area contributed by atoms with Crippen molar-refractivity contribution in [2.24, 2.45) is 0 Å². The number of carbonyl (C=O) groups is 5. The molecule has 636 valence electrons. The molecule has 22 nitrogen and oxygen atoms in total. The molecule has 0 atom stereocenters. The fourth-order valence-electron chi connectivity index (χ4n) is 13.9. The summed E-state index contributed by atoms with van der Waals surface area (Å²) >= 11 is 7.51. The molecule has 0 unspecified atom stereocenters. The number of benzene rings is 16. The Morgan fingerprint density at radius 2 is 0.531 bits per heavy atom. The van der Waals surface area contributed by atoms with Gasteiger partial charge in [0.1, 0.15) is 53.8 Å². The summed E-state index contributed by atoms with van der Waals surface area (Å²) in [5, 5.41) is 78.4. The second kappa shape index (κ2) is 39.3. The number of anilines is 7. The maximum absolute atomic E-state index is 12.9. The summed E-state index contributed by atoms with van der Waals surface area (Å²) in [6.45, 7) is 1.45. The van der Waals surface area contributed by atoms with Crippen molar-refractivity contribution in [1.82, 2.24) is 24.9 Å². The van der Waals surface area contributed by atoms with Crippen LogP contribution >= 0.6 is 56.7 Å². The summed E-state index contributed by atoms with van der Waals surface area (Å²) < 4.78 is 5.25. The van der Waals surface area contributed by atoms with Crippen LogP contribution in [0.3, 0.4) is 0 Å². The van der Waals surface area contributed by atoms with E-state index >= 15 is 0 Å². The van der Waals surface area contributed by atoms with Crippen molar-refractivity contribution in [3.63, 3.8) is 0 Å². The Balaban J connectivity index is 0.000000115. The Morgan fingerprint density at radius 1 is 0.246 bits per heavy atom. The fourth-order valence-corrected chi connectivity index (χ4v) is 18.9. The maximum Gasteiger partial charge on any atom is 0.323 e. The number of phenolic OH excluding ortho intramolecular Hbond substituents is 5. The van der Waals surface area contributed by atoms with Gasteiger partial charge in [-0.05, 0) is 204 Å². The standard InChI is InChI=1S/C24H17N3O2S.C24H16N2O2S.C20H15N3O2S.C20H14N2O2S.C15H12N2O2S/c28-21-13-12-16(14-18(21)23-26-20-9-3-4-11-22(20)30-23)25-24(29)27-19-10-5-7-15-6-1-2-8-17(15)19;27-21-13-12-16(14-19(21)24-26-20-10-3-4-11-22(20)29-24)25-23(28)18-9-5-7-15-6-1-2-8-17(15)18;24-17-11-10-14(22-20(25)21-13-6-2-1-3-7-13)12-15(17)19-23-16-8-4-5-9-18(16)26-19;23-17-11-10-14(21-19(24)13-6-2-1-3-7-13)12-15(17)20-22-16-8-4-5-9-18(16)25-20;1-9(18)16-10-6-7-13(19)11(8-10)15-17-12-4-2-3-5-14(12)20-15/h1-14,28H,(H2,25,27,29);1-14,27H,(H,25,28);1-12,24H,(H2,21,22,25);1-12,23H,(H,21,24);2-8,19H,1H3,(H,16,18). The van der Waals surface area contributed by atoms with E-state index in [4.69, 9.17) is 0 Å². The number of para-hydroxylation sites is 6. The summed E-state index contributed by atoms with van der Waals surface area (Å²) in [6, 6.07) is 109. The van der Waals surface area contributed by atoms with Crippen LogP contribution in [-0.2, 0) is 4.79 Å². The van der Waals surface area contributed by atoms with Crippen LogP contribution in [0.15, 0.2) is 358 Å². The molecule has 7 amide bonds. The van der Waals surface area contributed by atoms with Crippen molar-refractivity contribution in [1.29, 1.82) is 0 Å². The molecule has 0 aliphatic carbocycles. The number of fused-ring (bicyclic) bond motifs is 7. The Kier molecular flexibility index (Phi) is 25.9. The summed E-state index contributed by atoms with van der Waals surface area (Å²) in [7, 11) is 0. The van der Waals surface area contributed by atoms with Crippen LogP contribution in [0.5, 0.6) is 28.7 Å². The van der Waals surface area contributed by atoms with Crippen molar-refractivity contribution >= 4 is 199 Å². The third-order valence-corrected chi connectivity index (χ3v) is 25.4. The van der Waals surface area contributed by atoms with Gasteiger partial charge in [-0.25, -0.2) is 34.5 Å². The number of phenols is 5. The highest BCUT2D eigenvalue weighted by Crippen LogP contribution is 2.43. The molecule has 0 aliphatic rings. The number of aromatic hydroxyl groups is 5. The van der Waals surface area contributed by atoms with Gasteiger partial charge in [-0.2, -0.15) is 0 Å². The van der Waals surface area contributed by atoms with Gasteiger partial charge in [0, 0.05) is 57.6 Å². The van der Waals surface area contributed by atoms with Crippen LogP contribution in [0, 0.1) is 0 Å². The second-order valence-electron chi connectivity index (χ2n) is 29.1. The minimum atomic E-state index is -0.354. The third kappa shape index (κ3) is 20.5. The monoisotopic (exact) mass is 1800 g/mol. The first-order valence-electron chi connectivity index (χ1n) is 40.5. The number of hydrogen-bond donors (Lipinski definition) is 12. The minimum absolute atomic E-state index is 0.120. The topological polar surface area (TPSA) is 335 Å². The predicted octanol–water partition coefficient (Wildman–Crippen LogP) is 26.4. The number of thiazole rings is 5. The smallest absolute Gasteiger partial charge is 0.323 e. The fraction of sp³-hybridized carbons (Fsp3) is 0.00971. The number of carbonyl (C=O) groups excluding carboxylic acids is 5. The summed E-state index contributed by atoms with van der Waals surface area (Å²) in [4.78, 5) is 83.9. The van der Waals surface area contributed by atoms with E-state index in [9.17, 15) is 49.5 Å². The molecule has 27 heteroatoms. The Hall–Kier alpha value is -16.6. The van der Waals surface area contributed by atoms with Crippen molar-refractivity contribution < 1.29 is 49.5 Å². The summed E-state index contributed by atoms with van der Waals surface area (Å²) in [6.07, 6.45) is 0. The molecule has 0 spiro atoms. The highest BCUT2D eigenvalue weighted by Gasteiger charge is 2.21. The Bertz CT molecular complexity index is 7620. The van der Waals surface area contributed by atoms with E-state index < -0.39 is 0 Å². The lowest BCUT2D eigenvalue weighted by atomic mass is 10.0. The van der Waals surface area contributed by atoms with E-state index in [0.29, 0.717) is 88.1 Å². The molecule has 5 aromatic heterocycles. The quantitative estimate of drug-likeness (QED) is 0.0450. The first-order chi connectivity index (χ1) is 63.4. The van der Waals surface area contributed by atoms with E-state index in [-0.39, 0.29) is 58.5 Å². The van der Waals surface area contributed by atoms with Gasteiger partial charge in [0.2, 0.25) is 5.91 Å². The number of nitrogens with one attached hydrogen (secondary N) is 7. The highest BCUT2D eigenvalue weighted by molar-refractivity contribution is 7.23. The van der Waals surface area contributed by atoms with Crippen molar-refractivity contribution in [2.75, 3.05) is 37.2 Å². The van der Waals surface area contributed by atoms with Crippen molar-refractivity contribution in [3.8, 4) is 81.6 Å². The minimum Gasteiger partial charge on any atom is -0.507 e. The van der Waals surface area contributed by atoms with Crippen LogP contribution in [0.4, 0.5) is 49.4 Å². The average molecular weight is 1800 g/mol. The number of amides is 7. The molecule has 21 rings (SSSR count). The summed E-state index contributed by atoms with van der Waals surface area (Å²) in [5.41, 5.74) is 13.1. The molecule has 21 aromatic rings. The van der Waals surface area contributed by atoms with Crippen LogP contribution < -0.4 is 37.2 Å². The van der Waals surface area contributed by atoms with Crippen LogP contribution in [-0.4, -0.2) is 80.2 Å². The van der Waals surface area contributed by atoms with Gasteiger partial charge in [0.15, 0.2) is 0 Å². The number of rotatable bonds is 14. The first kappa shape index (κ1) is 85.6. The Morgan fingerprint density at radius 3 is 0.908 bits per heavy atom. The molecule has 0 aliphatic heterocycles. The molecule has 0 radical (unpaired) electrons. The van der Waals surface area contributed by atoms with Gasteiger partial charge in [0.25, 0.3) is 11.8 Å². The van der Waals surface area contributed by atoms with Crippen LogP contribution in [0.1, 0.15) is 27.6 Å². The van der Waals surface area contributed by atoms with E-state index in [2.05, 4.69) is 62.1 Å². The zero-order chi connectivity index (χ0) is 89.6. The lowest BCUT2D eigenvalue weighted by Gasteiger charge is -2.11. The van der Waals surface area contributed by atoms with Gasteiger partial charge < -0.3 is 62.8 Å². The second-order valence-corrected chi connectivity index (χ2v) is 34.3. The predicted molar refractivity (Wildman–Crippen MR) is 530 cm³/mol. The molecular weight excluding hydrogens is 1730 g/mol. The van der Waals surface area contributed by atoms with Gasteiger partial charge >= 0.3 is 12.1 Å². The molecular formula is C103H74N12O10S5. The van der Waals surface area contributed by atoms with Crippen molar-refractivity contribution in [3.05, 3.63) is 369 Å². The highest BCUT2D eigenvalue weighted by atomic mass is 32.1. The third-order valence-electron chi connectivity index (χ3n) is 20.1. The molecule has 0 bridgehead atoms. The van der Waals surface area contributed by atoms with E-state index in [1.165, 1.54) is 63.6 Å². The maximum atomic E-state index is 12.9. The average Bonchev–Trinajstić information content (AvgIpc) is 1.40. The van der Waals surface area contributed by atoms with Crippen LogP contribution in [0.2, 0.25) is 0 Å². The first-order valence-corrected chi connectivity index (χ1v) is 44.5. The Labute approximate surface area is 762 Å². The van der Waals surface area contributed by atoms with E-state index in [1.54, 1.807) is 103 Å². The molecule has 16 aromatic carbocycles. The molecule has 0 saturated carbocycles. The zero-order valence-corrected chi connectivity index (χ0v) is 72.7. The van der Waals surface area contributed by atoms with Gasteiger partial charge in [0.05, 0.1) is 84.6 Å².